The molecule has 0 aliphatic carbocycles. The third-order valence-electron chi connectivity index (χ3n) is 4.06. The van der Waals surface area contributed by atoms with Gasteiger partial charge in [0.05, 0.1) is 5.56 Å². The molecule has 1 atom stereocenters. The van der Waals surface area contributed by atoms with E-state index in [1.54, 1.807) is 19.1 Å². The molecule has 0 radical (unpaired) electrons. The highest BCUT2D eigenvalue weighted by atomic mass is 19.1. The van der Waals surface area contributed by atoms with Crippen molar-refractivity contribution in [1.82, 2.24) is 4.90 Å². The van der Waals surface area contributed by atoms with Gasteiger partial charge in [-0.3, -0.25) is 9.69 Å². The first-order chi connectivity index (χ1) is 10.1. The number of ketones is 1. The summed E-state index contributed by atoms with van der Waals surface area (Å²) >= 11 is 0. The zero-order valence-corrected chi connectivity index (χ0v) is 12.4. The molecular weight excluding hydrogens is 267 g/mol. The van der Waals surface area contributed by atoms with Gasteiger partial charge in [0.15, 0.2) is 0 Å². The summed E-state index contributed by atoms with van der Waals surface area (Å²) in [6.45, 7) is 3.26. The normalized spacial score (nSPS) is 19.8. The average molecular weight is 288 g/mol. The van der Waals surface area contributed by atoms with Gasteiger partial charge in [-0.05, 0) is 44.0 Å². The molecule has 0 saturated carbocycles. The number of benzene rings is 1. The number of nitriles is 1. The monoisotopic (exact) mass is 288 g/mol. The van der Waals surface area contributed by atoms with Gasteiger partial charge in [-0.1, -0.05) is 18.9 Å². The lowest BCUT2D eigenvalue weighted by atomic mass is 10.0. The molecule has 1 saturated heterocycles. The smallest absolute Gasteiger partial charge is 0.140 e. The van der Waals surface area contributed by atoms with Crippen LogP contribution in [0.3, 0.4) is 0 Å². The molecule has 1 fully saturated rings. The molecule has 0 aromatic heterocycles. The molecule has 3 nitrogen and oxygen atoms in total. The Bertz CT molecular complexity index is 550. The molecule has 1 aromatic carbocycles. The number of hydrogen-bond donors (Lipinski definition) is 0. The molecule has 2 rings (SSSR count). The summed E-state index contributed by atoms with van der Waals surface area (Å²) < 4.78 is 13.4. The quantitative estimate of drug-likeness (QED) is 0.852. The SMILES string of the molecule is CC(=O)CC1CCCCCN1Cc1ccc(F)c(C#N)c1. The minimum atomic E-state index is -0.475. The topological polar surface area (TPSA) is 44.1 Å². The van der Waals surface area contributed by atoms with Crippen molar-refractivity contribution in [3.63, 3.8) is 0 Å². The maximum atomic E-state index is 13.4. The number of hydrogen-bond acceptors (Lipinski definition) is 3. The molecule has 1 aliphatic rings. The van der Waals surface area contributed by atoms with E-state index in [9.17, 15) is 9.18 Å². The van der Waals surface area contributed by atoms with Gasteiger partial charge in [-0.2, -0.15) is 5.26 Å². The zero-order chi connectivity index (χ0) is 15.2. The molecule has 0 bridgehead atoms. The van der Waals surface area contributed by atoms with Crippen molar-refractivity contribution in [2.45, 2.75) is 51.6 Å². The van der Waals surface area contributed by atoms with E-state index in [2.05, 4.69) is 4.90 Å². The molecule has 4 heteroatoms. The van der Waals surface area contributed by atoms with Gasteiger partial charge in [0.2, 0.25) is 0 Å². The first kappa shape index (κ1) is 15.7. The summed E-state index contributed by atoms with van der Waals surface area (Å²) in [7, 11) is 0. The first-order valence-corrected chi connectivity index (χ1v) is 7.52. The maximum absolute atomic E-state index is 13.4. The van der Waals surface area contributed by atoms with Gasteiger partial charge in [0.25, 0.3) is 0 Å². The highest BCUT2D eigenvalue weighted by Gasteiger charge is 2.22. The van der Waals surface area contributed by atoms with Crippen LogP contribution in [0.5, 0.6) is 0 Å². The Morgan fingerprint density at radius 3 is 2.95 bits per heavy atom. The number of carbonyl (C=O) groups excluding carboxylic acids is 1. The fourth-order valence-corrected chi connectivity index (χ4v) is 3.00. The fraction of sp³-hybridized carbons (Fsp3) is 0.529. The number of Topliss-reactive ketones (excluding diaryl/α,β-unsaturated/α-hetero) is 1. The minimum Gasteiger partial charge on any atom is -0.300 e. The molecule has 0 spiro atoms. The van der Waals surface area contributed by atoms with Crippen molar-refractivity contribution in [1.29, 1.82) is 5.26 Å². The van der Waals surface area contributed by atoms with Crippen molar-refractivity contribution < 1.29 is 9.18 Å². The van der Waals surface area contributed by atoms with Crippen LogP contribution in [-0.4, -0.2) is 23.3 Å². The summed E-state index contributed by atoms with van der Waals surface area (Å²) in [5, 5.41) is 8.92. The summed E-state index contributed by atoms with van der Waals surface area (Å²) in [4.78, 5) is 13.8. The van der Waals surface area contributed by atoms with Gasteiger partial charge in [0, 0.05) is 19.0 Å². The summed E-state index contributed by atoms with van der Waals surface area (Å²) in [5.74, 6) is -0.263. The molecule has 112 valence electrons. The predicted molar refractivity (Wildman–Crippen MR) is 79.1 cm³/mol. The van der Waals surface area contributed by atoms with E-state index < -0.39 is 5.82 Å². The van der Waals surface area contributed by atoms with E-state index >= 15 is 0 Å². The van der Waals surface area contributed by atoms with E-state index in [1.807, 2.05) is 6.07 Å². The Labute approximate surface area is 125 Å². The van der Waals surface area contributed by atoms with E-state index in [-0.39, 0.29) is 17.4 Å². The van der Waals surface area contributed by atoms with Crippen LogP contribution >= 0.6 is 0 Å². The highest BCUT2D eigenvalue weighted by molar-refractivity contribution is 5.76. The van der Waals surface area contributed by atoms with Crippen molar-refractivity contribution in [3.8, 4) is 6.07 Å². The standard InChI is InChI=1S/C17H21FN2O/c1-13(21)9-16-5-3-2-4-8-20(16)12-14-6-7-17(18)15(10-14)11-19/h6-7,10,16H,2-5,8-9,12H2,1H3. The molecule has 0 N–H and O–H groups in total. The first-order valence-electron chi connectivity index (χ1n) is 7.52. The second-order valence-electron chi connectivity index (χ2n) is 5.81. The largest absolute Gasteiger partial charge is 0.300 e. The number of halogens is 1. The number of carbonyl (C=O) groups is 1. The zero-order valence-electron chi connectivity index (χ0n) is 12.4. The van der Waals surface area contributed by atoms with Gasteiger partial charge in [-0.15, -0.1) is 0 Å². The minimum absolute atomic E-state index is 0.0884. The van der Waals surface area contributed by atoms with Gasteiger partial charge >= 0.3 is 0 Å². The molecular formula is C17H21FN2O. The van der Waals surface area contributed by atoms with E-state index in [0.29, 0.717) is 13.0 Å². The van der Waals surface area contributed by atoms with E-state index in [1.165, 1.54) is 12.5 Å². The van der Waals surface area contributed by atoms with Gasteiger partial charge < -0.3 is 0 Å². The van der Waals surface area contributed by atoms with Crippen molar-refractivity contribution in [3.05, 3.63) is 35.1 Å². The van der Waals surface area contributed by atoms with Crippen molar-refractivity contribution in [2.75, 3.05) is 6.54 Å². The molecule has 0 amide bonds. The van der Waals surface area contributed by atoms with Crippen LogP contribution in [0.1, 0.15) is 50.2 Å². The Hall–Kier alpha value is -1.73. The Kier molecular flexibility index (Phi) is 5.46. The summed E-state index contributed by atoms with van der Waals surface area (Å²) in [6.07, 6.45) is 5.08. The lowest BCUT2D eigenvalue weighted by molar-refractivity contribution is -0.118. The van der Waals surface area contributed by atoms with Gasteiger partial charge in [-0.25, -0.2) is 4.39 Å². The van der Waals surface area contributed by atoms with Crippen LogP contribution in [0.15, 0.2) is 18.2 Å². The van der Waals surface area contributed by atoms with Crippen molar-refractivity contribution >= 4 is 5.78 Å². The Morgan fingerprint density at radius 2 is 2.24 bits per heavy atom. The Morgan fingerprint density at radius 1 is 1.43 bits per heavy atom. The lowest BCUT2D eigenvalue weighted by Crippen LogP contribution is -2.35. The molecule has 1 aliphatic heterocycles. The van der Waals surface area contributed by atoms with Crippen LogP contribution in [0.4, 0.5) is 4.39 Å². The third kappa shape index (κ3) is 4.37. The van der Waals surface area contributed by atoms with Crippen LogP contribution in [0, 0.1) is 17.1 Å². The molecule has 1 aromatic rings. The second kappa shape index (κ2) is 7.33. The van der Waals surface area contributed by atoms with Crippen LogP contribution < -0.4 is 0 Å². The number of rotatable bonds is 4. The highest BCUT2D eigenvalue weighted by Crippen LogP contribution is 2.22. The second-order valence-corrected chi connectivity index (χ2v) is 5.81. The summed E-state index contributed by atoms with van der Waals surface area (Å²) in [6, 6.07) is 6.84. The van der Waals surface area contributed by atoms with Gasteiger partial charge in [0.1, 0.15) is 17.7 Å². The lowest BCUT2D eigenvalue weighted by Gasteiger charge is -2.29. The van der Waals surface area contributed by atoms with Crippen LogP contribution in [0.2, 0.25) is 0 Å². The molecule has 21 heavy (non-hydrogen) atoms. The predicted octanol–water partition coefficient (Wildman–Crippen LogP) is 3.42. The molecule has 1 unspecified atom stereocenters. The average Bonchev–Trinajstić information content (AvgIpc) is 2.66. The fourth-order valence-electron chi connectivity index (χ4n) is 3.00. The maximum Gasteiger partial charge on any atom is 0.140 e. The van der Waals surface area contributed by atoms with Crippen LogP contribution in [-0.2, 0) is 11.3 Å². The number of likely N-dealkylation sites (tertiary alicyclic amines) is 1. The van der Waals surface area contributed by atoms with Crippen molar-refractivity contribution in [2.24, 2.45) is 0 Å². The molecule has 1 heterocycles. The van der Waals surface area contributed by atoms with E-state index in [4.69, 9.17) is 5.26 Å². The van der Waals surface area contributed by atoms with E-state index in [0.717, 1.165) is 31.4 Å². The summed E-state index contributed by atoms with van der Waals surface area (Å²) in [5.41, 5.74) is 1.02. The number of nitrogens with zero attached hydrogens (tertiary/aromatic N) is 2. The third-order valence-corrected chi connectivity index (χ3v) is 4.06. The Balaban J connectivity index is 2.14. The van der Waals surface area contributed by atoms with Crippen LogP contribution in [0.25, 0.3) is 0 Å².